The normalized spacial score (nSPS) is 29.9. The van der Waals surface area contributed by atoms with Crippen LogP contribution in [0.1, 0.15) is 129 Å². The lowest BCUT2D eigenvalue weighted by molar-refractivity contribution is -0.0135. The SMILES string of the molecule is CCCCCCCCCCCCCCCNC(=O)NC12CC3CC(CC(C3)C1)C2. The van der Waals surface area contributed by atoms with E-state index in [-0.39, 0.29) is 11.6 Å². The average molecular weight is 405 g/mol. The Balaban J connectivity index is 1.12. The molecule has 4 aliphatic rings. The first-order valence-electron chi connectivity index (χ1n) is 13.2. The number of hydrogen-bond acceptors (Lipinski definition) is 1. The number of carbonyl (C=O) groups is 1. The van der Waals surface area contributed by atoms with E-state index in [1.54, 1.807) is 0 Å². The standard InChI is InChI=1S/C26H48N2O/c1-2-3-4-5-6-7-8-9-10-11-12-13-14-15-27-25(29)28-26-19-22-16-23(20-26)18-24(17-22)21-26/h22-24H,2-21H2,1H3,(H2,27,28,29). The maximum Gasteiger partial charge on any atom is 0.315 e. The van der Waals surface area contributed by atoms with Crippen molar-refractivity contribution in [3.63, 3.8) is 0 Å². The Labute approximate surface area is 180 Å². The minimum Gasteiger partial charge on any atom is -0.338 e. The average Bonchev–Trinajstić information content (AvgIpc) is 2.67. The second-order valence-corrected chi connectivity index (χ2v) is 10.8. The molecule has 0 aromatic heterocycles. The summed E-state index contributed by atoms with van der Waals surface area (Å²) < 4.78 is 0. The number of carbonyl (C=O) groups excluding carboxylic acids is 1. The Hall–Kier alpha value is -0.730. The van der Waals surface area contributed by atoms with Crippen LogP contribution in [0.15, 0.2) is 0 Å². The molecule has 168 valence electrons. The fourth-order valence-corrected chi connectivity index (χ4v) is 6.89. The van der Waals surface area contributed by atoms with Gasteiger partial charge in [0, 0.05) is 12.1 Å². The predicted molar refractivity (Wildman–Crippen MR) is 123 cm³/mol. The third kappa shape index (κ3) is 7.79. The number of rotatable bonds is 15. The van der Waals surface area contributed by atoms with Crippen LogP contribution in [0, 0.1) is 17.8 Å². The first-order chi connectivity index (χ1) is 14.2. The third-order valence-electron chi connectivity index (χ3n) is 7.98. The lowest BCUT2D eigenvalue weighted by Crippen LogP contribution is -2.61. The highest BCUT2D eigenvalue weighted by atomic mass is 16.2. The van der Waals surface area contributed by atoms with Gasteiger partial charge >= 0.3 is 6.03 Å². The molecule has 4 bridgehead atoms. The van der Waals surface area contributed by atoms with Crippen LogP contribution in [0.4, 0.5) is 4.79 Å². The monoisotopic (exact) mass is 404 g/mol. The van der Waals surface area contributed by atoms with Gasteiger partial charge in [0.1, 0.15) is 0 Å². The summed E-state index contributed by atoms with van der Waals surface area (Å²) in [5.41, 5.74) is 0.148. The van der Waals surface area contributed by atoms with Gasteiger partial charge < -0.3 is 10.6 Å². The van der Waals surface area contributed by atoms with E-state index in [1.165, 1.54) is 116 Å². The third-order valence-corrected chi connectivity index (χ3v) is 7.98. The van der Waals surface area contributed by atoms with E-state index >= 15 is 0 Å². The van der Waals surface area contributed by atoms with Crippen molar-refractivity contribution in [3.8, 4) is 0 Å². The van der Waals surface area contributed by atoms with Gasteiger partial charge in [-0.25, -0.2) is 4.79 Å². The van der Waals surface area contributed by atoms with E-state index in [4.69, 9.17) is 0 Å². The number of amides is 2. The second kappa shape index (κ2) is 12.2. The van der Waals surface area contributed by atoms with Crippen molar-refractivity contribution in [1.82, 2.24) is 10.6 Å². The molecule has 0 aliphatic heterocycles. The fourth-order valence-electron chi connectivity index (χ4n) is 6.89. The summed E-state index contributed by atoms with van der Waals surface area (Å²) in [6.07, 6.45) is 25.9. The summed E-state index contributed by atoms with van der Waals surface area (Å²) in [5.74, 6) is 2.67. The van der Waals surface area contributed by atoms with Crippen LogP contribution in [-0.2, 0) is 0 Å². The van der Waals surface area contributed by atoms with Gasteiger partial charge in [-0.1, -0.05) is 84.0 Å². The molecule has 3 heteroatoms. The van der Waals surface area contributed by atoms with Gasteiger partial charge in [-0.05, 0) is 62.7 Å². The lowest BCUT2D eigenvalue weighted by atomic mass is 9.53. The fraction of sp³-hybridized carbons (Fsp3) is 0.962. The molecule has 29 heavy (non-hydrogen) atoms. The van der Waals surface area contributed by atoms with E-state index in [0.717, 1.165) is 30.7 Å². The molecular weight excluding hydrogens is 356 g/mol. The molecule has 2 amide bonds. The van der Waals surface area contributed by atoms with Gasteiger partial charge in [-0.15, -0.1) is 0 Å². The van der Waals surface area contributed by atoms with E-state index in [1.807, 2.05) is 0 Å². The van der Waals surface area contributed by atoms with Crippen LogP contribution >= 0.6 is 0 Å². The molecule has 3 nitrogen and oxygen atoms in total. The largest absolute Gasteiger partial charge is 0.338 e. The minimum atomic E-state index is 0.103. The molecular formula is C26H48N2O. The number of hydrogen-bond donors (Lipinski definition) is 2. The summed E-state index contributed by atoms with van der Waals surface area (Å²) in [6.45, 7) is 3.13. The zero-order chi connectivity index (χ0) is 20.4. The van der Waals surface area contributed by atoms with E-state index < -0.39 is 0 Å². The van der Waals surface area contributed by atoms with E-state index in [0.29, 0.717) is 0 Å². The van der Waals surface area contributed by atoms with Crippen LogP contribution in [0.3, 0.4) is 0 Å². The van der Waals surface area contributed by atoms with Crippen LogP contribution in [0.5, 0.6) is 0 Å². The van der Waals surface area contributed by atoms with Crippen molar-refractivity contribution < 1.29 is 4.79 Å². The molecule has 0 heterocycles. The Bertz CT molecular complexity index is 440. The molecule has 4 aliphatic carbocycles. The topological polar surface area (TPSA) is 41.1 Å². The summed E-state index contributed by atoms with van der Waals surface area (Å²) in [4.78, 5) is 12.4. The van der Waals surface area contributed by atoms with Gasteiger partial charge in [-0.2, -0.15) is 0 Å². The highest BCUT2D eigenvalue weighted by molar-refractivity contribution is 5.74. The zero-order valence-electron chi connectivity index (χ0n) is 19.3. The second-order valence-electron chi connectivity index (χ2n) is 10.8. The molecule has 0 aromatic carbocycles. The van der Waals surface area contributed by atoms with Crippen molar-refractivity contribution in [2.75, 3.05) is 6.54 Å². The molecule has 4 rings (SSSR count). The summed E-state index contributed by atoms with van der Waals surface area (Å²) in [7, 11) is 0. The van der Waals surface area contributed by atoms with Gasteiger partial charge in [0.05, 0.1) is 0 Å². The number of urea groups is 1. The van der Waals surface area contributed by atoms with Crippen molar-refractivity contribution in [2.24, 2.45) is 17.8 Å². The van der Waals surface area contributed by atoms with Crippen LogP contribution < -0.4 is 10.6 Å². The van der Waals surface area contributed by atoms with Crippen molar-refractivity contribution >= 4 is 6.03 Å². The van der Waals surface area contributed by atoms with E-state index in [9.17, 15) is 4.79 Å². The molecule has 0 aromatic rings. The summed E-state index contributed by atoms with van der Waals surface area (Å²) in [6, 6.07) is 0.103. The van der Waals surface area contributed by atoms with Gasteiger partial charge in [0.2, 0.25) is 0 Å². The molecule has 2 N–H and O–H groups in total. The quantitative estimate of drug-likeness (QED) is 0.275. The van der Waals surface area contributed by atoms with Crippen LogP contribution in [0.2, 0.25) is 0 Å². The van der Waals surface area contributed by atoms with Crippen LogP contribution in [0.25, 0.3) is 0 Å². The molecule has 4 fully saturated rings. The maximum absolute atomic E-state index is 12.4. The highest BCUT2D eigenvalue weighted by Gasteiger charge is 2.51. The van der Waals surface area contributed by atoms with Crippen LogP contribution in [-0.4, -0.2) is 18.1 Å². The van der Waals surface area contributed by atoms with Crippen molar-refractivity contribution in [3.05, 3.63) is 0 Å². The van der Waals surface area contributed by atoms with Gasteiger partial charge in [-0.3, -0.25) is 0 Å². The molecule has 4 saturated carbocycles. The highest BCUT2D eigenvalue weighted by Crippen LogP contribution is 2.55. The number of nitrogens with one attached hydrogen (secondary N) is 2. The van der Waals surface area contributed by atoms with Crippen molar-refractivity contribution in [2.45, 2.75) is 134 Å². The first-order valence-corrected chi connectivity index (χ1v) is 13.2. The first kappa shape index (κ1) is 22.9. The minimum absolute atomic E-state index is 0.103. The molecule has 0 radical (unpaired) electrons. The summed E-state index contributed by atoms with van der Waals surface area (Å²) >= 11 is 0. The Morgan fingerprint density at radius 3 is 1.55 bits per heavy atom. The van der Waals surface area contributed by atoms with Gasteiger partial charge in [0.15, 0.2) is 0 Å². The van der Waals surface area contributed by atoms with Crippen molar-refractivity contribution in [1.29, 1.82) is 0 Å². The molecule has 0 saturated heterocycles. The lowest BCUT2D eigenvalue weighted by Gasteiger charge is -2.56. The smallest absolute Gasteiger partial charge is 0.315 e. The van der Waals surface area contributed by atoms with Gasteiger partial charge in [0.25, 0.3) is 0 Å². The molecule has 0 atom stereocenters. The molecule has 0 unspecified atom stereocenters. The summed E-state index contributed by atoms with van der Waals surface area (Å²) in [5, 5.41) is 6.57. The maximum atomic E-state index is 12.4. The Kier molecular flexibility index (Phi) is 9.66. The zero-order valence-corrected chi connectivity index (χ0v) is 19.3. The Morgan fingerprint density at radius 1 is 0.690 bits per heavy atom. The predicted octanol–water partition coefficient (Wildman–Crippen LogP) is 7.35. The molecule has 0 spiro atoms. The number of unbranched alkanes of at least 4 members (excludes halogenated alkanes) is 12. The van der Waals surface area contributed by atoms with E-state index in [2.05, 4.69) is 17.6 Å². The Morgan fingerprint density at radius 2 is 1.10 bits per heavy atom.